The minimum Gasteiger partial charge on any atom is -0.348 e. The predicted octanol–water partition coefficient (Wildman–Crippen LogP) is 3.33. The summed E-state index contributed by atoms with van der Waals surface area (Å²) in [5.74, 6) is -0.459. The van der Waals surface area contributed by atoms with Crippen LogP contribution in [-0.4, -0.2) is 17.9 Å². The van der Waals surface area contributed by atoms with Gasteiger partial charge >= 0.3 is 0 Å². The molecule has 2 unspecified atom stereocenters. The maximum atomic E-state index is 12.3. The normalized spacial score (nSPS) is 13.7. The van der Waals surface area contributed by atoms with Gasteiger partial charge in [0.25, 0.3) is 0 Å². The summed E-state index contributed by atoms with van der Waals surface area (Å²) in [5, 5.41) is 6.44. The van der Waals surface area contributed by atoms with Gasteiger partial charge in [-0.2, -0.15) is 0 Å². The third kappa shape index (κ3) is 5.21. The SMILES string of the molecule is CC(=O)NC(C(=O)NC(C)c1ccc(Cl)c(Cl)c1)C(C)C. The zero-order chi connectivity index (χ0) is 16.2. The van der Waals surface area contributed by atoms with Crippen LogP contribution in [0.5, 0.6) is 0 Å². The first-order valence-corrected chi connectivity index (χ1v) is 7.50. The van der Waals surface area contributed by atoms with Gasteiger partial charge in [0.05, 0.1) is 16.1 Å². The molecule has 0 aliphatic carbocycles. The lowest BCUT2D eigenvalue weighted by Crippen LogP contribution is -2.49. The van der Waals surface area contributed by atoms with Gasteiger partial charge in [-0.1, -0.05) is 43.1 Å². The zero-order valence-electron chi connectivity index (χ0n) is 12.5. The predicted molar refractivity (Wildman–Crippen MR) is 85.5 cm³/mol. The van der Waals surface area contributed by atoms with Gasteiger partial charge in [-0.15, -0.1) is 0 Å². The molecule has 0 bridgehead atoms. The molecule has 1 aromatic rings. The molecule has 116 valence electrons. The number of hydrogen-bond acceptors (Lipinski definition) is 2. The number of amides is 2. The average molecular weight is 331 g/mol. The van der Waals surface area contributed by atoms with Gasteiger partial charge in [0.2, 0.25) is 11.8 Å². The highest BCUT2D eigenvalue weighted by Crippen LogP contribution is 2.25. The Kier molecular flexibility index (Phi) is 6.49. The van der Waals surface area contributed by atoms with Crippen LogP contribution >= 0.6 is 23.2 Å². The van der Waals surface area contributed by atoms with Gasteiger partial charge in [-0.05, 0) is 30.5 Å². The summed E-state index contributed by atoms with van der Waals surface area (Å²) in [7, 11) is 0. The highest BCUT2D eigenvalue weighted by molar-refractivity contribution is 6.42. The van der Waals surface area contributed by atoms with Gasteiger partial charge in [-0.25, -0.2) is 0 Å². The molecule has 0 saturated heterocycles. The molecule has 1 rings (SSSR count). The van der Waals surface area contributed by atoms with Crippen LogP contribution in [0.1, 0.15) is 39.3 Å². The highest BCUT2D eigenvalue weighted by Gasteiger charge is 2.24. The lowest BCUT2D eigenvalue weighted by atomic mass is 10.0. The Morgan fingerprint density at radius 1 is 1.05 bits per heavy atom. The Morgan fingerprint density at radius 3 is 2.14 bits per heavy atom. The molecule has 2 atom stereocenters. The van der Waals surface area contributed by atoms with E-state index in [4.69, 9.17) is 23.2 Å². The average Bonchev–Trinajstić information content (AvgIpc) is 2.38. The molecule has 0 aliphatic rings. The monoisotopic (exact) mass is 330 g/mol. The van der Waals surface area contributed by atoms with Crippen molar-refractivity contribution >= 4 is 35.0 Å². The summed E-state index contributed by atoms with van der Waals surface area (Å²) >= 11 is 11.8. The summed E-state index contributed by atoms with van der Waals surface area (Å²) in [6.45, 7) is 7.00. The van der Waals surface area contributed by atoms with Crippen LogP contribution in [0, 0.1) is 5.92 Å². The Labute approximate surface area is 135 Å². The fourth-order valence-corrected chi connectivity index (χ4v) is 2.23. The fraction of sp³-hybridized carbons (Fsp3) is 0.467. The second kappa shape index (κ2) is 7.66. The number of carbonyl (C=O) groups excluding carboxylic acids is 2. The standard InChI is InChI=1S/C15H20Cl2N2O2/c1-8(2)14(19-10(4)20)15(21)18-9(3)11-5-6-12(16)13(17)7-11/h5-9,14H,1-4H3,(H,18,21)(H,19,20). The van der Waals surface area contributed by atoms with Crippen LogP contribution in [0.25, 0.3) is 0 Å². The van der Waals surface area contributed by atoms with Crippen molar-refractivity contribution in [2.24, 2.45) is 5.92 Å². The summed E-state index contributed by atoms with van der Waals surface area (Å²) in [5.41, 5.74) is 0.850. The molecule has 4 nitrogen and oxygen atoms in total. The molecule has 0 radical (unpaired) electrons. The quantitative estimate of drug-likeness (QED) is 0.869. The van der Waals surface area contributed by atoms with Crippen LogP contribution in [0.3, 0.4) is 0 Å². The molecule has 2 amide bonds. The number of rotatable bonds is 5. The third-order valence-corrected chi connectivity index (χ3v) is 3.85. The summed E-state index contributed by atoms with van der Waals surface area (Å²) in [4.78, 5) is 23.4. The lowest BCUT2D eigenvalue weighted by Gasteiger charge is -2.23. The Balaban J connectivity index is 2.79. The second-order valence-corrected chi connectivity index (χ2v) is 6.14. The zero-order valence-corrected chi connectivity index (χ0v) is 14.0. The van der Waals surface area contributed by atoms with Crippen LogP contribution in [0.4, 0.5) is 0 Å². The van der Waals surface area contributed by atoms with Crippen molar-refractivity contribution in [1.29, 1.82) is 0 Å². The number of benzene rings is 1. The highest BCUT2D eigenvalue weighted by atomic mass is 35.5. The van der Waals surface area contributed by atoms with Crippen molar-refractivity contribution in [3.8, 4) is 0 Å². The molecule has 0 heterocycles. The van der Waals surface area contributed by atoms with Gasteiger partial charge in [0.15, 0.2) is 0 Å². The summed E-state index contributed by atoms with van der Waals surface area (Å²) in [6.07, 6.45) is 0. The van der Waals surface area contributed by atoms with Crippen LogP contribution in [-0.2, 0) is 9.59 Å². The van der Waals surface area contributed by atoms with E-state index in [0.717, 1.165) is 5.56 Å². The van der Waals surface area contributed by atoms with Crippen molar-refractivity contribution in [2.45, 2.75) is 39.8 Å². The van der Waals surface area contributed by atoms with Crippen LogP contribution < -0.4 is 10.6 Å². The van der Waals surface area contributed by atoms with E-state index in [1.807, 2.05) is 26.8 Å². The van der Waals surface area contributed by atoms with Crippen molar-refractivity contribution in [3.05, 3.63) is 33.8 Å². The van der Waals surface area contributed by atoms with E-state index in [0.29, 0.717) is 10.0 Å². The van der Waals surface area contributed by atoms with E-state index in [1.54, 1.807) is 12.1 Å². The fourth-order valence-electron chi connectivity index (χ4n) is 1.92. The molecule has 2 N–H and O–H groups in total. The van der Waals surface area contributed by atoms with Gasteiger partial charge in [0.1, 0.15) is 6.04 Å². The van der Waals surface area contributed by atoms with E-state index < -0.39 is 6.04 Å². The first-order chi connectivity index (χ1) is 9.72. The third-order valence-electron chi connectivity index (χ3n) is 3.11. The molecule has 21 heavy (non-hydrogen) atoms. The van der Waals surface area contributed by atoms with Crippen molar-refractivity contribution in [3.63, 3.8) is 0 Å². The molecule has 0 fully saturated rings. The second-order valence-electron chi connectivity index (χ2n) is 5.33. The van der Waals surface area contributed by atoms with E-state index in [-0.39, 0.29) is 23.8 Å². The van der Waals surface area contributed by atoms with Crippen molar-refractivity contribution < 1.29 is 9.59 Å². The lowest BCUT2D eigenvalue weighted by molar-refractivity contribution is -0.129. The molecule has 0 saturated carbocycles. The molecular formula is C15H20Cl2N2O2. The van der Waals surface area contributed by atoms with Gasteiger partial charge < -0.3 is 10.6 Å². The first kappa shape index (κ1) is 17.8. The van der Waals surface area contributed by atoms with Gasteiger partial charge in [-0.3, -0.25) is 9.59 Å². The molecule has 0 spiro atoms. The topological polar surface area (TPSA) is 58.2 Å². The molecular weight excluding hydrogens is 311 g/mol. The largest absolute Gasteiger partial charge is 0.348 e. The van der Waals surface area contributed by atoms with Crippen molar-refractivity contribution in [1.82, 2.24) is 10.6 Å². The molecule has 0 aliphatic heterocycles. The smallest absolute Gasteiger partial charge is 0.243 e. The maximum Gasteiger partial charge on any atom is 0.243 e. The number of nitrogens with one attached hydrogen (secondary N) is 2. The van der Waals surface area contributed by atoms with Crippen LogP contribution in [0.2, 0.25) is 10.0 Å². The minimum atomic E-state index is -0.562. The first-order valence-electron chi connectivity index (χ1n) is 6.74. The van der Waals surface area contributed by atoms with E-state index >= 15 is 0 Å². The maximum absolute atomic E-state index is 12.3. The molecule has 6 heteroatoms. The summed E-state index contributed by atoms with van der Waals surface area (Å²) in [6, 6.07) is 4.42. The molecule has 1 aromatic carbocycles. The van der Waals surface area contributed by atoms with E-state index in [9.17, 15) is 9.59 Å². The number of carbonyl (C=O) groups is 2. The van der Waals surface area contributed by atoms with Crippen LogP contribution in [0.15, 0.2) is 18.2 Å². The van der Waals surface area contributed by atoms with Gasteiger partial charge in [0, 0.05) is 6.92 Å². The number of halogens is 2. The number of hydrogen-bond donors (Lipinski definition) is 2. The minimum absolute atomic E-state index is 0.00472. The van der Waals surface area contributed by atoms with Crippen molar-refractivity contribution in [2.75, 3.05) is 0 Å². The Morgan fingerprint density at radius 2 is 1.67 bits per heavy atom. The Hall–Kier alpha value is -1.26. The summed E-state index contributed by atoms with van der Waals surface area (Å²) < 4.78 is 0. The van der Waals surface area contributed by atoms with E-state index in [2.05, 4.69) is 10.6 Å². The van der Waals surface area contributed by atoms with E-state index in [1.165, 1.54) is 6.92 Å². The molecule has 0 aromatic heterocycles. The Bertz CT molecular complexity index is 532.